The third kappa shape index (κ3) is 1.79. The Bertz CT molecular complexity index is 399. The van der Waals surface area contributed by atoms with E-state index < -0.39 is 0 Å². The molecule has 2 rings (SSSR count). The van der Waals surface area contributed by atoms with E-state index in [0.717, 1.165) is 3.58 Å². The second-order valence-electron chi connectivity index (χ2n) is 2.99. The van der Waals surface area contributed by atoms with Crippen LogP contribution in [0.5, 0.6) is 0 Å². The molecule has 4 heteroatoms. The van der Waals surface area contributed by atoms with Crippen LogP contribution in [0.1, 0.15) is 6.42 Å². The van der Waals surface area contributed by atoms with E-state index in [4.69, 9.17) is 0 Å². The number of anilines is 1. The summed E-state index contributed by atoms with van der Waals surface area (Å²) in [7, 11) is 0. The highest BCUT2D eigenvalue weighted by Gasteiger charge is 2.21. The zero-order chi connectivity index (χ0) is 10.1. The Morgan fingerprint density at radius 3 is 2.43 bits per heavy atom. The second-order valence-corrected chi connectivity index (χ2v) is 4.38. The first-order valence-corrected chi connectivity index (χ1v) is 5.18. The minimum absolute atomic E-state index is 0.0287. The Kier molecular flexibility index (Phi) is 2.54. The zero-order valence-corrected chi connectivity index (χ0v) is 9.36. The third-order valence-electron chi connectivity index (χ3n) is 1.96. The first-order chi connectivity index (χ1) is 6.66. The zero-order valence-electron chi connectivity index (χ0n) is 7.21. The lowest BCUT2D eigenvalue weighted by molar-refractivity contribution is -0.116. The summed E-state index contributed by atoms with van der Waals surface area (Å²) in [6, 6.07) is 5.89. The van der Waals surface area contributed by atoms with Crippen LogP contribution in [-0.2, 0) is 4.79 Å². The Balaban J connectivity index is 2.32. The van der Waals surface area contributed by atoms with Crippen molar-refractivity contribution in [3.05, 3.63) is 39.9 Å². The number of carbonyl (C=O) groups excluding carboxylic acids is 1. The van der Waals surface area contributed by atoms with Crippen molar-refractivity contribution >= 4 is 34.2 Å². The standard InChI is InChI=1S/C10H7FINO/c11-7-1-3-9(4-2-7)13-6-8(12)5-10(13)14/h1-4,6H,5H2. The predicted molar refractivity (Wildman–Crippen MR) is 60.6 cm³/mol. The van der Waals surface area contributed by atoms with Crippen LogP contribution in [-0.4, -0.2) is 5.91 Å². The maximum atomic E-state index is 12.6. The number of hydrogen-bond acceptors (Lipinski definition) is 1. The van der Waals surface area contributed by atoms with Gasteiger partial charge in [-0.2, -0.15) is 0 Å². The molecule has 0 saturated heterocycles. The van der Waals surface area contributed by atoms with Gasteiger partial charge >= 0.3 is 0 Å². The van der Waals surface area contributed by atoms with Gasteiger partial charge < -0.3 is 0 Å². The fourth-order valence-electron chi connectivity index (χ4n) is 1.31. The average molecular weight is 303 g/mol. The largest absolute Gasteiger partial charge is 0.287 e. The highest BCUT2D eigenvalue weighted by Crippen LogP contribution is 2.27. The molecule has 1 aromatic carbocycles. The number of halogens is 2. The average Bonchev–Trinajstić information content (AvgIpc) is 2.47. The topological polar surface area (TPSA) is 20.3 Å². The molecule has 14 heavy (non-hydrogen) atoms. The summed E-state index contributed by atoms with van der Waals surface area (Å²) in [5.74, 6) is -0.264. The van der Waals surface area contributed by atoms with E-state index in [1.165, 1.54) is 12.1 Å². The summed E-state index contributed by atoms with van der Waals surface area (Å²) < 4.78 is 13.6. The smallest absolute Gasteiger partial charge is 0.236 e. The summed E-state index contributed by atoms with van der Waals surface area (Å²) in [6.07, 6.45) is 2.22. The Morgan fingerprint density at radius 2 is 1.93 bits per heavy atom. The molecule has 72 valence electrons. The van der Waals surface area contributed by atoms with Gasteiger partial charge in [0.15, 0.2) is 0 Å². The summed E-state index contributed by atoms with van der Waals surface area (Å²) >= 11 is 2.12. The van der Waals surface area contributed by atoms with Crippen LogP contribution in [0, 0.1) is 5.82 Å². The van der Waals surface area contributed by atoms with E-state index in [1.807, 2.05) is 0 Å². The Morgan fingerprint density at radius 1 is 1.29 bits per heavy atom. The van der Waals surface area contributed by atoms with Gasteiger partial charge in [0.2, 0.25) is 5.91 Å². The summed E-state index contributed by atoms with van der Waals surface area (Å²) in [6.45, 7) is 0. The molecule has 0 fully saturated rings. The van der Waals surface area contributed by atoms with Crippen LogP contribution in [0.3, 0.4) is 0 Å². The van der Waals surface area contributed by atoms with Crippen molar-refractivity contribution in [2.24, 2.45) is 0 Å². The molecule has 1 aromatic rings. The number of hydrogen-bond donors (Lipinski definition) is 0. The molecular weight excluding hydrogens is 296 g/mol. The van der Waals surface area contributed by atoms with E-state index in [1.54, 1.807) is 23.2 Å². The minimum Gasteiger partial charge on any atom is -0.287 e. The lowest BCUT2D eigenvalue weighted by atomic mass is 10.3. The predicted octanol–water partition coefficient (Wildman–Crippen LogP) is 2.84. The molecule has 1 aliphatic heterocycles. The second kappa shape index (κ2) is 3.68. The maximum absolute atomic E-state index is 12.6. The van der Waals surface area contributed by atoms with Gasteiger partial charge in [-0.3, -0.25) is 9.69 Å². The Labute approximate surface area is 94.5 Å². The number of amides is 1. The van der Waals surface area contributed by atoms with Gasteiger partial charge in [0.1, 0.15) is 5.82 Å². The van der Waals surface area contributed by atoms with E-state index in [0.29, 0.717) is 12.1 Å². The van der Waals surface area contributed by atoms with Gasteiger partial charge in [0.25, 0.3) is 0 Å². The monoisotopic (exact) mass is 303 g/mol. The van der Waals surface area contributed by atoms with Crippen molar-refractivity contribution in [3.63, 3.8) is 0 Å². The minimum atomic E-state index is -0.293. The van der Waals surface area contributed by atoms with Gasteiger partial charge in [-0.15, -0.1) is 0 Å². The molecule has 0 aromatic heterocycles. The molecule has 0 atom stereocenters. The molecule has 0 bridgehead atoms. The van der Waals surface area contributed by atoms with Crippen LogP contribution in [0.25, 0.3) is 0 Å². The van der Waals surface area contributed by atoms with Crippen LogP contribution in [0.2, 0.25) is 0 Å². The lowest BCUT2D eigenvalue weighted by Gasteiger charge is -2.12. The molecule has 0 aliphatic carbocycles. The number of rotatable bonds is 1. The Hall–Kier alpha value is -0.910. The van der Waals surface area contributed by atoms with Crippen molar-refractivity contribution < 1.29 is 9.18 Å². The summed E-state index contributed by atoms with van der Waals surface area (Å²) in [4.78, 5) is 13.0. The van der Waals surface area contributed by atoms with Crippen molar-refractivity contribution in [3.8, 4) is 0 Å². The molecule has 1 amide bonds. The third-order valence-corrected chi connectivity index (χ3v) is 2.62. The fourth-order valence-corrected chi connectivity index (χ4v) is 1.91. The molecular formula is C10H7FINO. The molecule has 0 saturated carbocycles. The van der Waals surface area contributed by atoms with Crippen LogP contribution < -0.4 is 4.90 Å². The first kappa shape index (κ1) is 9.64. The quantitative estimate of drug-likeness (QED) is 0.731. The van der Waals surface area contributed by atoms with E-state index in [9.17, 15) is 9.18 Å². The SMILES string of the molecule is O=C1CC(I)=CN1c1ccc(F)cc1. The summed E-state index contributed by atoms with van der Waals surface area (Å²) in [5, 5.41) is 0. The van der Waals surface area contributed by atoms with Crippen LogP contribution in [0.4, 0.5) is 10.1 Å². The molecule has 1 aliphatic rings. The number of benzene rings is 1. The molecule has 0 radical (unpaired) electrons. The van der Waals surface area contributed by atoms with Crippen molar-refractivity contribution in [2.45, 2.75) is 6.42 Å². The number of carbonyl (C=O) groups is 1. The van der Waals surface area contributed by atoms with Crippen molar-refractivity contribution in [1.29, 1.82) is 0 Å². The van der Waals surface area contributed by atoms with Gasteiger partial charge in [-0.05, 0) is 46.9 Å². The lowest BCUT2D eigenvalue weighted by Crippen LogP contribution is -2.19. The molecule has 0 unspecified atom stereocenters. The normalized spacial score (nSPS) is 16.0. The van der Waals surface area contributed by atoms with Gasteiger partial charge in [0, 0.05) is 15.5 Å². The van der Waals surface area contributed by atoms with Crippen LogP contribution in [0.15, 0.2) is 34.0 Å². The first-order valence-electron chi connectivity index (χ1n) is 4.10. The molecule has 2 nitrogen and oxygen atoms in total. The fraction of sp³-hybridized carbons (Fsp3) is 0.100. The van der Waals surface area contributed by atoms with Gasteiger partial charge in [-0.1, -0.05) is 0 Å². The highest BCUT2D eigenvalue weighted by molar-refractivity contribution is 14.1. The number of nitrogens with zero attached hydrogens (tertiary/aromatic N) is 1. The van der Waals surface area contributed by atoms with E-state index in [2.05, 4.69) is 22.6 Å². The van der Waals surface area contributed by atoms with E-state index >= 15 is 0 Å². The molecule has 1 heterocycles. The summed E-state index contributed by atoms with van der Waals surface area (Å²) in [5.41, 5.74) is 0.711. The van der Waals surface area contributed by atoms with Gasteiger partial charge in [0.05, 0.1) is 6.42 Å². The maximum Gasteiger partial charge on any atom is 0.236 e. The highest BCUT2D eigenvalue weighted by atomic mass is 127. The molecule has 0 N–H and O–H groups in total. The van der Waals surface area contributed by atoms with Crippen LogP contribution >= 0.6 is 22.6 Å². The molecule has 0 spiro atoms. The van der Waals surface area contributed by atoms with E-state index in [-0.39, 0.29) is 11.7 Å². The van der Waals surface area contributed by atoms with Gasteiger partial charge in [-0.25, -0.2) is 4.39 Å². The van der Waals surface area contributed by atoms with Crippen molar-refractivity contribution in [1.82, 2.24) is 0 Å². The van der Waals surface area contributed by atoms with Crippen molar-refractivity contribution in [2.75, 3.05) is 4.90 Å².